The smallest absolute Gasteiger partial charge is 0.252 e. The van der Waals surface area contributed by atoms with E-state index in [1.807, 2.05) is 28.9 Å². The highest BCUT2D eigenvalue weighted by molar-refractivity contribution is 5.80. The Labute approximate surface area is 216 Å². The standard InChI is InChI=1S/C28H34N6O3/c1-4-26(27-30-31-32-34(27)18-24-6-5-13-37-24)33(16-20-9-7-19(2)8-10-20)17-22-14-21-11-12-23(36-3)15-25(21)29-28(22)35/h7-12,14-15,24,26H,4-6,13,16-18H2,1-3H3,(H,29,35). The van der Waals surface area contributed by atoms with E-state index < -0.39 is 0 Å². The number of tetrazole rings is 1. The van der Waals surface area contributed by atoms with Crippen molar-refractivity contribution in [2.45, 2.75) is 64.9 Å². The van der Waals surface area contributed by atoms with Crippen LogP contribution in [-0.4, -0.2) is 49.9 Å². The zero-order chi connectivity index (χ0) is 25.8. The first-order valence-corrected chi connectivity index (χ1v) is 12.9. The Balaban J connectivity index is 1.49. The number of benzene rings is 2. The van der Waals surface area contributed by atoms with E-state index in [1.165, 1.54) is 11.1 Å². The molecule has 2 atom stereocenters. The first-order chi connectivity index (χ1) is 18.0. The van der Waals surface area contributed by atoms with E-state index in [9.17, 15) is 4.79 Å². The maximum atomic E-state index is 13.2. The summed E-state index contributed by atoms with van der Waals surface area (Å²) >= 11 is 0. The predicted octanol–water partition coefficient (Wildman–Crippen LogP) is 4.16. The minimum absolute atomic E-state index is 0.0799. The van der Waals surface area contributed by atoms with Crippen LogP contribution in [0.15, 0.2) is 53.3 Å². The van der Waals surface area contributed by atoms with E-state index in [-0.39, 0.29) is 17.7 Å². The highest BCUT2D eigenvalue weighted by Gasteiger charge is 2.28. The number of methoxy groups -OCH3 is 1. The third kappa shape index (κ3) is 5.73. The molecule has 4 aromatic rings. The van der Waals surface area contributed by atoms with E-state index in [0.717, 1.165) is 42.6 Å². The maximum Gasteiger partial charge on any atom is 0.252 e. The van der Waals surface area contributed by atoms with Gasteiger partial charge < -0.3 is 14.5 Å². The Kier molecular flexibility index (Phi) is 7.62. The maximum absolute atomic E-state index is 13.2. The second-order valence-electron chi connectivity index (χ2n) is 9.75. The topological polar surface area (TPSA) is 98.2 Å². The van der Waals surface area contributed by atoms with Gasteiger partial charge in [-0.25, -0.2) is 4.68 Å². The number of ether oxygens (including phenoxy) is 2. The fourth-order valence-corrected chi connectivity index (χ4v) is 5.06. The summed E-state index contributed by atoms with van der Waals surface area (Å²) in [6, 6.07) is 16.1. The van der Waals surface area contributed by atoms with Crippen molar-refractivity contribution in [3.63, 3.8) is 0 Å². The molecule has 0 radical (unpaired) electrons. The van der Waals surface area contributed by atoms with Gasteiger partial charge in [0.05, 0.1) is 31.3 Å². The van der Waals surface area contributed by atoms with Crippen molar-refractivity contribution >= 4 is 10.9 Å². The monoisotopic (exact) mass is 502 g/mol. The summed E-state index contributed by atoms with van der Waals surface area (Å²) in [5, 5.41) is 13.7. The molecule has 2 aromatic heterocycles. The number of hydrogen-bond donors (Lipinski definition) is 1. The number of H-pyrrole nitrogens is 1. The predicted molar refractivity (Wildman–Crippen MR) is 141 cm³/mol. The summed E-state index contributed by atoms with van der Waals surface area (Å²) in [4.78, 5) is 18.5. The van der Waals surface area contributed by atoms with Gasteiger partial charge in [-0.1, -0.05) is 36.8 Å². The van der Waals surface area contributed by atoms with Crippen LogP contribution in [0.5, 0.6) is 5.75 Å². The zero-order valence-electron chi connectivity index (χ0n) is 21.7. The lowest BCUT2D eigenvalue weighted by atomic mass is 10.1. The number of nitrogens with one attached hydrogen (secondary N) is 1. The fourth-order valence-electron chi connectivity index (χ4n) is 5.06. The lowest BCUT2D eigenvalue weighted by Gasteiger charge is -2.30. The quantitative estimate of drug-likeness (QED) is 0.348. The summed E-state index contributed by atoms with van der Waals surface area (Å²) in [7, 11) is 1.62. The molecule has 2 aromatic carbocycles. The third-order valence-corrected chi connectivity index (χ3v) is 7.10. The summed E-state index contributed by atoms with van der Waals surface area (Å²) < 4.78 is 13.0. The Morgan fingerprint density at radius 1 is 1.19 bits per heavy atom. The van der Waals surface area contributed by atoms with Crippen molar-refractivity contribution in [3.8, 4) is 5.75 Å². The van der Waals surface area contributed by atoms with Crippen molar-refractivity contribution in [1.82, 2.24) is 30.1 Å². The molecule has 1 N–H and O–H groups in total. The van der Waals surface area contributed by atoms with E-state index in [2.05, 4.69) is 63.5 Å². The molecule has 9 nitrogen and oxygen atoms in total. The van der Waals surface area contributed by atoms with E-state index in [0.29, 0.717) is 30.9 Å². The number of hydrogen-bond acceptors (Lipinski definition) is 7. The van der Waals surface area contributed by atoms with Gasteiger partial charge in [0.15, 0.2) is 5.82 Å². The zero-order valence-corrected chi connectivity index (χ0v) is 21.7. The average molecular weight is 503 g/mol. The molecular weight excluding hydrogens is 468 g/mol. The van der Waals surface area contributed by atoms with E-state index in [4.69, 9.17) is 9.47 Å². The van der Waals surface area contributed by atoms with Crippen LogP contribution < -0.4 is 10.3 Å². The van der Waals surface area contributed by atoms with Gasteiger partial charge >= 0.3 is 0 Å². The van der Waals surface area contributed by atoms with Gasteiger partial charge in [-0.05, 0) is 65.8 Å². The minimum atomic E-state index is -0.108. The molecule has 37 heavy (non-hydrogen) atoms. The van der Waals surface area contributed by atoms with Crippen molar-refractivity contribution in [2.24, 2.45) is 0 Å². The summed E-state index contributed by atoms with van der Waals surface area (Å²) in [5.74, 6) is 1.51. The first-order valence-electron chi connectivity index (χ1n) is 12.9. The Bertz CT molecular complexity index is 1390. The van der Waals surface area contributed by atoms with Crippen LogP contribution in [0.25, 0.3) is 10.9 Å². The van der Waals surface area contributed by atoms with Crippen LogP contribution >= 0.6 is 0 Å². The molecule has 194 valence electrons. The summed E-state index contributed by atoms with van der Waals surface area (Å²) in [6.45, 7) is 6.75. The average Bonchev–Trinajstić information content (AvgIpc) is 3.59. The first kappa shape index (κ1) is 25.1. The van der Waals surface area contributed by atoms with Crippen molar-refractivity contribution in [1.29, 1.82) is 0 Å². The Morgan fingerprint density at radius 2 is 2.03 bits per heavy atom. The summed E-state index contributed by atoms with van der Waals surface area (Å²) in [6.07, 6.45) is 3.00. The van der Waals surface area contributed by atoms with Gasteiger partial charge in [-0.2, -0.15) is 0 Å². The van der Waals surface area contributed by atoms with Crippen LogP contribution in [-0.2, 0) is 24.4 Å². The molecule has 0 amide bonds. The minimum Gasteiger partial charge on any atom is -0.497 e. The van der Waals surface area contributed by atoms with Gasteiger partial charge in [0.1, 0.15) is 5.75 Å². The van der Waals surface area contributed by atoms with Gasteiger partial charge in [0.25, 0.3) is 5.56 Å². The molecule has 0 bridgehead atoms. The Morgan fingerprint density at radius 3 is 2.76 bits per heavy atom. The van der Waals surface area contributed by atoms with Gasteiger partial charge in [-0.15, -0.1) is 5.10 Å². The van der Waals surface area contributed by atoms with Gasteiger partial charge in [0.2, 0.25) is 0 Å². The number of pyridine rings is 1. The molecule has 0 saturated carbocycles. The van der Waals surface area contributed by atoms with Crippen LogP contribution in [0, 0.1) is 6.92 Å². The molecule has 1 aliphatic heterocycles. The molecule has 5 rings (SSSR count). The number of aromatic amines is 1. The molecule has 1 fully saturated rings. The number of nitrogens with zero attached hydrogens (tertiary/aromatic N) is 5. The number of aromatic nitrogens is 5. The van der Waals surface area contributed by atoms with E-state index in [1.54, 1.807) is 7.11 Å². The molecule has 0 spiro atoms. The molecule has 1 aliphatic rings. The summed E-state index contributed by atoms with van der Waals surface area (Å²) in [5.41, 5.74) is 3.73. The van der Waals surface area contributed by atoms with Gasteiger partial charge in [-0.3, -0.25) is 9.69 Å². The van der Waals surface area contributed by atoms with E-state index >= 15 is 0 Å². The highest BCUT2D eigenvalue weighted by atomic mass is 16.5. The second kappa shape index (κ2) is 11.2. The lowest BCUT2D eigenvalue weighted by molar-refractivity contribution is 0.0888. The number of fused-ring (bicyclic) bond motifs is 1. The second-order valence-corrected chi connectivity index (χ2v) is 9.75. The fraction of sp³-hybridized carbons (Fsp3) is 0.429. The molecule has 3 heterocycles. The van der Waals surface area contributed by atoms with Crippen LogP contribution in [0.2, 0.25) is 0 Å². The highest BCUT2D eigenvalue weighted by Crippen LogP contribution is 2.28. The SMILES string of the molecule is CCC(c1nnnn1CC1CCCO1)N(Cc1ccc(C)cc1)Cc1cc2ccc(OC)cc2[nH]c1=O. The third-order valence-electron chi connectivity index (χ3n) is 7.10. The number of aryl methyl sites for hydroxylation is 1. The van der Waals surface area contributed by atoms with Crippen LogP contribution in [0.1, 0.15) is 54.7 Å². The Hall–Kier alpha value is -3.56. The molecule has 1 saturated heterocycles. The lowest BCUT2D eigenvalue weighted by Crippen LogP contribution is -2.33. The number of rotatable bonds is 10. The molecule has 9 heteroatoms. The van der Waals surface area contributed by atoms with Crippen molar-refractivity contribution < 1.29 is 9.47 Å². The van der Waals surface area contributed by atoms with Crippen molar-refractivity contribution in [2.75, 3.05) is 13.7 Å². The molecule has 2 unspecified atom stereocenters. The normalized spacial score (nSPS) is 16.5. The van der Waals surface area contributed by atoms with Crippen molar-refractivity contribution in [3.05, 3.63) is 81.4 Å². The molecule has 0 aliphatic carbocycles. The van der Waals surface area contributed by atoms with Crippen LogP contribution in [0.4, 0.5) is 0 Å². The van der Waals surface area contributed by atoms with Crippen LogP contribution in [0.3, 0.4) is 0 Å². The largest absolute Gasteiger partial charge is 0.497 e. The van der Waals surface area contributed by atoms with Gasteiger partial charge in [0, 0.05) is 31.3 Å². The molecular formula is C28H34N6O3.